The Hall–Kier alpha value is -2.68. The first-order chi connectivity index (χ1) is 13.0. The van der Waals surface area contributed by atoms with Gasteiger partial charge in [0.15, 0.2) is 22.7 Å². The lowest BCUT2D eigenvalue weighted by molar-refractivity contribution is 0.299. The maximum atomic E-state index is 15.1. The molecule has 27 heavy (non-hydrogen) atoms. The zero-order chi connectivity index (χ0) is 18.7. The number of fused-ring (bicyclic) bond motifs is 1. The molecule has 0 saturated carbocycles. The van der Waals surface area contributed by atoms with Crippen LogP contribution in [0.1, 0.15) is 12.8 Å². The Balaban J connectivity index is 1.85. The summed E-state index contributed by atoms with van der Waals surface area (Å²) in [6.45, 7) is 1.21. The quantitative estimate of drug-likeness (QED) is 0.471. The molecule has 0 fully saturated rings. The number of anilines is 1. The maximum Gasteiger partial charge on any atom is 0.293 e. The maximum absolute atomic E-state index is 15.1. The molecule has 2 aromatic heterocycles. The van der Waals surface area contributed by atoms with Crippen LogP contribution in [-0.4, -0.2) is 21.1 Å². The lowest BCUT2D eigenvalue weighted by atomic mass is 10.1. The van der Waals surface area contributed by atoms with E-state index in [0.29, 0.717) is 30.2 Å². The Morgan fingerprint density at radius 1 is 1.15 bits per heavy atom. The lowest BCUT2D eigenvalue weighted by Crippen LogP contribution is -2.09. The van der Waals surface area contributed by atoms with E-state index in [1.807, 2.05) is 16.7 Å². The smallest absolute Gasteiger partial charge is 0.293 e. The summed E-state index contributed by atoms with van der Waals surface area (Å²) in [6.07, 6.45) is 1.68. The van der Waals surface area contributed by atoms with Crippen molar-refractivity contribution >= 4 is 44.1 Å². The molecule has 138 valence electrons. The molecular weight excluding hydrogens is 422 g/mol. The molecule has 1 aliphatic rings. The van der Waals surface area contributed by atoms with Gasteiger partial charge in [-0.2, -0.15) is 4.98 Å². The third-order valence-corrected chi connectivity index (χ3v) is 5.08. The minimum Gasteiger partial charge on any atom is -0.491 e. The molecule has 9 heteroatoms. The van der Waals surface area contributed by atoms with Gasteiger partial charge in [-0.05, 0) is 31.0 Å². The summed E-state index contributed by atoms with van der Waals surface area (Å²) in [4.78, 5) is 8.35. The average molecular weight is 435 g/mol. The van der Waals surface area contributed by atoms with Crippen molar-refractivity contribution in [3.8, 4) is 17.1 Å². The number of nitrogens with zero attached hydrogens (tertiary/aromatic N) is 3. The molecule has 5 rings (SSSR count). The van der Waals surface area contributed by atoms with Gasteiger partial charge in [0.05, 0.1) is 17.7 Å². The molecule has 6 nitrogen and oxygen atoms in total. The molecule has 0 amide bonds. The number of aromatic nitrogens is 3. The second-order valence-electron chi connectivity index (χ2n) is 6.36. The van der Waals surface area contributed by atoms with Crippen molar-refractivity contribution in [1.29, 1.82) is 0 Å². The van der Waals surface area contributed by atoms with Crippen molar-refractivity contribution in [2.24, 2.45) is 0 Å². The van der Waals surface area contributed by atoms with Crippen LogP contribution < -0.4 is 10.5 Å². The number of oxazole rings is 1. The van der Waals surface area contributed by atoms with E-state index < -0.39 is 11.6 Å². The van der Waals surface area contributed by atoms with Gasteiger partial charge >= 0.3 is 0 Å². The van der Waals surface area contributed by atoms with Gasteiger partial charge in [0.2, 0.25) is 0 Å². The zero-order valence-electron chi connectivity index (χ0n) is 13.9. The molecule has 2 aromatic carbocycles. The molecule has 0 spiro atoms. The fraction of sp³-hybridized carbons (Fsp3) is 0.222. The van der Waals surface area contributed by atoms with Gasteiger partial charge in [0.1, 0.15) is 17.1 Å². The number of ether oxygens (including phenoxy) is 1. The van der Waals surface area contributed by atoms with Crippen molar-refractivity contribution in [2.45, 2.75) is 19.4 Å². The molecule has 0 bridgehead atoms. The number of halogens is 3. The van der Waals surface area contributed by atoms with Gasteiger partial charge in [-0.3, -0.25) is 0 Å². The molecule has 0 radical (unpaired) electrons. The molecule has 3 heterocycles. The van der Waals surface area contributed by atoms with Crippen LogP contribution in [0.2, 0.25) is 0 Å². The first-order valence-electron chi connectivity index (χ1n) is 8.40. The predicted octanol–water partition coefficient (Wildman–Crippen LogP) is 4.64. The fourth-order valence-corrected chi connectivity index (χ4v) is 3.90. The van der Waals surface area contributed by atoms with Crippen LogP contribution in [-0.2, 0) is 6.54 Å². The second-order valence-corrected chi connectivity index (χ2v) is 7.28. The summed E-state index contributed by atoms with van der Waals surface area (Å²) in [5.74, 6) is -0.490. The molecule has 0 aliphatic carbocycles. The Morgan fingerprint density at radius 3 is 2.85 bits per heavy atom. The van der Waals surface area contributed by atoms with E-state index in [1.54, 1.807) is 0 Å². The number of aryl methyl sites for hydroxylation is 1. The highest BCUT2D eigenvalue weighted by Crippen LogP contribution is 2.38. The second kappa shape index (κ2) is 5.91. The van der Waals surface area contributed by atoms with Crippen molar-refractivity contribution in [3.05, 3.63) is 34.3 Å². The number of hydrogen-bond acceptors (Lipinski definition) is 5. The van der Waals surface area contributed by atoms with E-state index in [-0.39, 0.29) is 22.7 Å². The van der Waals surface area contributed by atoms with Gasteiger partial charge in [-0.1, -0.05) is 15.9 Å². The third-order valence-electron chi connectivity index (χ3n) is 4.62. The SMILES string of the molecule is Nc1nc2c(F)c(-c3nc4cc(Br)cc5c4n3CCCCO5)cc(F)c2o1. The molecule has 1 aliphatic heterocycles. The van der Waals surface area contributed by atoms with Gasteiger partial charge < -0.3 is 19.5 Å². The highest BCUT2D eigenvalue weighted by molar-refractivity contribution is 9.10. The molecule has 0 unspecified atom stereocenters. The predicted molar refractivity (Wildman–Crippen MR) is 99.5 cm³/mol. The van der Waals surface area contributed by atoms with Crippen molar-refractivity contribution in [2.75, 3.05) is 12.3 Å². The summed E-state index contributed by atoms with van der Waals surface area (Å²) in [5, 5.41) is 0. The minimum absolute atomic E-state index is 0.00662. The first kappa shape index (κ1) is 16.5. The number of nitrogens with two attached hydrogens (primary N) is 1. The standard InChI is InChI=1S/C18H13BrF2N4O2/c19-8-5-11-15-12(6-8)26-4-2-1-3-25(15)17(23-11)9-7-10(20)16-14(13(9)21)24-18(22)27-16/h5-7H,1-4H2,(H2,22,24). The summed E-state index contributed by atoms with van der Waals surface area (Å²) in [6, 6.07) is 4.46. The molecule has 2 N–H and O–H groups in total. The monoisotopic (exact) mass is 434 g/mol. The molecule has 0 atom stereocenters. The highest BCUT2D eigenvalue weighted by Gasteiger charge is 2.25. The van der Waals surface area contributed by atoms with Crippen molar-refractivity contribution in [1.82, 2.24) is 14.5 Å². The molecular formula is C18H13BrF2N4O2. The van der Waals surface area contributed by atoms with Crippen LogP contribution >= 0.6 is 15.9 Å². The molecule has 4 aromatic rings. The summed E-state index contributed by atoms with van der Waals surface area (Å²) >= 11 is 3.45. The van der Waals surface area contributed by atoms with Gasteiger partial charge in [-0.15, -0.1) is 0 Å². The number of rotatable bonds is 1. The number of benzene rings is 2. The largest absolute Gasteiger partial charge is 0.491 e. The van der Waals surface area contributed by atoms with E-state index in [4.69, 9.17) is 14.9 Å². The van der Waals surface area contributed by atoms with Gasteiger partial charge in [-0.25, -0.2) is 13.8 Å². The van der Waals surface area contributed by atoms with Crippen molar-refractivity contribution in [3.63, 3.8) is 0 Å². The Morgan fingerprint density at radius 2 is 2.00 bits per heavy atom. The normalized spacial score (nSPS) is 14.3. The van der Waals surface area contributed by atoms with E-state index in [0.717, 1.165) is 28.9 Å². The lowest BCUT2D eigenvalue weighted by Gasteiger charge is -2.16. The van der Waals surface area contributed by atoms with E-state index >= 15 is 4.39 Å². The van der Waals surface area contributed by atoms with Crippen LogP contribution in [0.4, 0.5) is 14.8 Å². The van der Waals surface area contributed by atoms with Gasteiger partial charge in [0.25, 0.3) is 6.01 Å². The van der Waals surface area contributed by atoms with Crippen molar-refractivity contribution < 1.29 is 17.9 Å². The Labute approximate surface area is 160 Å². The highest BCUT2D eigenvalue weighted by atomic mass is 79.9. The third kappa shape index (κ3) is 2.48. The molecule has 0 saturated heterocycles. The van der Waals surface area contributed by atoms with Gasteiger partial charge in [0, 0.05) is 11.0 Å². The first-order valence-corrected chi connectivity index (χ1v) is 9.19. The fourth-order valence-electron chi connectivity index (χ4n) is 3.48. The van der Waals surface area contributed by atoms with E-state index in [9.17, 15) is 4.39 Å². The van der Waals surface area contributed by atoms with Crippen LogP contribution in [0.3, 0.4) is 0 Å². The number of imidazole rings is 1. The summed E-state index contributed by atoms with van der Waals surface area (Å²) in [7, 11) is 0. The van der Waals surface area contributed by atoms with Crippen LogP contribution in [0.5, 0.6) is 5.75 Å². The van der Waals surface area contributed by atoms with Crippen LogP contribution in [0, 0.1) is 11.6 Å². The average Bonchev–Trinajstić information content (AvgIpc) is 3.16. The van der Waals surface area contributed by atoms with Crippen LogP contribution in [0.25, 0.3) is 33.5 Å². The number of hydrogen-bond donors (Lipinski definition) is 1. The van der Waals surface area contributed by atoms with E-state index in [1.165, 1.54) is 0 Å². The number of nitrogen functional groups attached to an aromatic ring is 1. The Kier molecular flexibility index (Phi) is 3.61. The summed E-state index contributed by atoms with van der Waals surface area (Å²) in [5.41, 5.74) is 6.32. The van der Waals surface area contributed by atoms with Crippen LogP contribution in [0.15, 0.2) is 27.1 Å². The van der Waals surface area contributed by atoms with E-state index in [2.05, 4.69) is 25.9 Å². The Bertz CT molecular complexity index is 1220. The zero-order valence-corrected chi connectivity index (χ0v) is 15.5. The topological polar surface area (TPSA) is 79.1 Å². The minimum atomic E-state index is -0.742. The summed E-state index contributed by atoms with van der Waals surface area (Å²) < 4.78 is 43.1.